The summed E-state index contributed by atoms with van der Waals surface area (Å²) < 4.78 is 8.64. The fraction of sp³-hybridized carbons (Fsp3) is 0. The van der Waals surface area contributed by atoms with Crippen molar-refractivity contribution >= 4 is 71.6 Å². The van der Waals surface area contributed by atoms with Gasteiger partial charge in [-0.05, 0) is 82.7 Å². The molecule has 3 heteroatoms. The summed E-state index contributed by atoms with van der Waals surface area (Å²) in [6, 6.07) is 73.9. The zero-order valence-corrected chi connectivity index (χ0v) is 29.9. The van der Waals surface area contributed by atoms with Crippen LogP contribution in [-0.4, -0.2) is 4.57 Å². The van der Waals surface area contributed by atoms with Gasteiger partial charge < -0.3 is 13.9 Å². The van der Waals surface area contributed by atoms with Crippen molar-refractivity contribution in [3.8, 4) is 27.9 Å². The van der Waals surface area contributed by atoms with Gasteiger partial charge in [-0.2, -0.15) is 0 Å². The number of hydrogen-bond donors (Lipinski definition) is 0. The molecule has 55 heavy (non-hydrogen) atoms. The van der Waals surface area contributed by atoms with Crippen molar-refractivity contribution in [1.29, 1.82) is 0 Å². The molecule has 11 rings (SSSR count). The lowest BCUT2D eigenvalue weighted by Gasteiger charge is -2.27. The summed E-state index contributed by atoms with van der Waals surface area (Å²) in [4.78, 5) is 2.38. The predicted molar refractivity (Wildman–Crippen MR) is 231 cm³/mol. The third kappa shape index (κ3) is 5.05. The van der Waals surface area contributed by atoms with E-state index in [9.17, 15) is 0 Å². The number of aromatic nitrogens is 1. The molecule has 0 saturated heterocycles. The summed E-state index contributed by atoms with van der Waals surface area (Å²) in [7, 11) is 0. The van der Waals surface area contributed by atoms with Crippen LogP contribution < -0.4 is 4.90 Å². The highest BCUT2D eigenvalue weighted by Gasteiger charge is 2.19. The third-order valence-electron chi connectivity index (χ3n) is 11.0. The lowest BCUT2D eigenvalue weighted by molar-refractivity contribution is 0.669. The van der Waals surface area contributed by atoms with E-state index in [1.165, 1.54) is 38.1 Å². The average Bonchev–Trinajstić information content (AvgIpc) is 3.81. The quantitative estimate of drug-likeness (QED) is 0.172. The Morgan fingerprint density at radius 3 is 1.60 bits per heavy atom. The van der Waals surface area contributed by atoms with Gasteiger partial charge in [0.25, 0.3) is 0 Å². The first-order chi connectivity index (χ1) is 27.3. The molecule has 0 aliphatic rings. The summed E-state index contributed by atoms with van der Waals surface area (Å²) in [6.45, 7) is 0. The summed E-state index contributed by atoms with van der Waals surface area (Å²) in [5.41, 5.74) is 13.3. The molecule has 0 unspecified atom stereocenters. The molecule has 2 aromatic heterocycles. The minimum Gasteiger partial charge on any atom is -0.456 e. The van der Waals surface area contributed by atoms with Gasteiger partial charge in [0.05, 0.1) is 22.4 Å². The molecule has 0 aliphatic heterocycles. The number of furan rings is 1. The largest absolute Gasteiger partial charge is 0.456 e. The third-order valence-corrected chi connectivity index (χ3v) is 11.0. The smallest absolute Gasteiger partial charge is 0.136 e. The zero-order valence-electron chi connectivity index (χ0n) is 29.9. The van der Waals surface area contributed by atoms with E-state index in [-0.39, 0.29) is 0 Å². The van der Waals surface area contributed by atoms with Gasteiger partial charge in [0.2, 0.25) is 0 Å². The van der Waals surface area contributed by atoms with Crippen molar-refractivity contribution in [3.63, 3.8) is 0 Å². The van der Waals surface area contributed by atoms with Crippen LogP contribution in [0.25, 0.3) is 82.5 Å². The Hall–Kier alpha value is -7.36. The minimum atomic E-state index is 0.903. The summed E-state index contributed by atoms with van der Waals surface area (Å²) in [5.74, 6) is 0. The Morgan fingerprint density at radius 1 is 0.364 bits per heavy atom. The van der Waals surface area contributed by atoms with Gasteiger partial charge in [-0.15, -0.1) is 0 Å². The Kier molecular flexibility index (Phi) is 7.17. The molecule has 0 radical (unpaired) electrons. The van der Waals surface area contributed by atoms with E-state index >= 15 is 0 Å². The predicted octanol–water partition coefficient (Wildman–Crippen LogP) is 14.6. The van der Waals surface area contributed by atoms with Gasteiger partial charge >= 0.3 is 0 Å². The lowest BCUT2D eigenvalue weighted by Crippen LogP contribution is -2.10. The Morgan fingerprint density at radius 2 is 0.873 bits per heavy atom. The van der Waals surface area contributed by atoms with Crippen LogP contribution in [0, 0.1) is 0 Å². The van der Waals surface area contributed by atoms with Crippen LogP contribution in [0.15, 0.2) is 211 Å². The molecular weight excluding hydrogens is 669 g/mol. The van der Waals surface area contributed by atoms with Crippen LogP contribution in [0.1, 0.15) is 0 Å². The van der Waals surface area contributed by atoms with Crippen molar-refractivity contribution in [2.24, 2.45) is 0 Å². The van der Waals surface area contributed by atoms with Crippen molar-refractivity contribution in [2.45, 2.75) is 0 Å². The number of anilines is 3. The lowest BCUT2D eigenvalue weighted by atomic mass is 9.98. The first-order valence-corrected chi connectivity index (χ1v) is 18.8. The molecule has 0 aliphatic carbocycles. The van der Waals surface area contributed by atoms with Crippen LogP contribution in [0.3, 0.4) is 0 Å². The van der Waals surface area contributed by atoms with E-state index in [0.717, 1.165) is 61.4 Å². The normalized spacial score (nSPS) is 11.6. The second-order valence-corrected chi connectivity index (χ2v) is 14.1. The van der Waals surface area contributed by atoms with Crippen molar-refractivity contribution < 1.29 is 4.42 Å². The topological polar surface area (TPSA) is 21.3 Å². The summed E-state index contributed by atoms with van der Waals surface area (Å²) in [5, 5.41) is 7.20. The highest BCUT2D eigenvalue weighted by Crippen LogP contribution is 2.43. The molecule has 258 valence electrons. The number of rotatable bonds is 6. The van der Waals surface area contributed by atoms with Gasteiger partial charge in [0, 0.05) is 43.9 Å². The zero-order chi connectivity index (χ0) is 36.3. The van der Waals surface area contributed by atoms with Crippen molar-refractivity contribution in [1.82, 2.24) is 4.57 Å². The fourth-order valence-corrected chi connectivity index (χ4v) is 8.52. The highest BCUT2D eigenvalue weighted by molar-refractivity contribution is 6.13. The number of hydrogen-bond acceptors (Lipinski definition) is 2. The molecule has 9 aromatic carbocycles. The molecule has 0 bridgehead atoms. The van der Waals surface area contributed by atoms with E-state index in [2.05, 4.69) is 204 Å². The van der Waals surface area contributed by atoms with E-state index in [1.54, 1.807) is 0 Å². The minimum absolute atomic E-state index is 0.903. The highest BCUT2D eigenvalue weighted by atomic mass is 16.3. The maximum absolute atomic E-state index is 6.23. The van der Waals surface area contributed by atoms with Gasteiger partial charge in [-0.25, -0.2) is 0 Å². The van der Waals surface area contributed by atoms with Gasteiger partial charge in [-0.3, -0.25) is 0 Å². The second kappa shape index (κ2) is 12.6. The van der Waals surface area contributed by atoms with Gasteiger partial charge in [0.15, 0.2) is 0 Å². The Balaban J connectivity index is 1.04. The standard InChI is InChI=1S/C52H34N2O/c1-2-15-40-35(13-1)14-11-24-46(40)53(39-33-29-37(30-34-39)42-20-12-26-51-52(42)45-19-6-10-25-50(45)55-51)38-31-27-36(28-32-38)41-16-3-7-21-47(41)54-48-22-8-4-17-43(48)44-18-5-9-23-49(44)54/h1-34H. The Labute approximate surface area is 318 Å². The fourth-order valence-electron chi connectivity index (χ4n) is 8.52. The summed E-state index contributed by atoms with van der Waals surface area (Å²) in [6.07, 6.45) is 0. The van der Waals surface area contributed by atoms with Crippen LogP contribution in [0.5, 0.6) is 0 Å². The van der Waals surface area contributed by atoms with E-state index in [1.807, 2.05) is 12.1 Å². The van der Waals surface area contributed by atoms with Crippen LogP contribution in [-0.2, 0) is 0 Å². The molecular formula is C52H34N2O. The second-order valence-electron chi connectivity index (χ2n) is 14.1. The molecule has 3 nitrogen and oxygen atoms in total. The average molecular weight is 703 g/mol. The molecule has 0 spiro atoms. The molecule has 0 N–H and O–H groups in total. The maximum atomic E-state index is 6.23. The first-order valence-electron chi connectivity index (χ1n) is 18.8. The molecule has 0 atom stereocenters. The van der Waals surface area contributed by atoms with Crippen LogP contribution in [0.2, 0.25) is 0 Å². The van der Waals surface area contributed by atoms with E-state index in [0.29, 0.717) is 0 Å². The maximum Gasteiger partial charge on any atom is 0.136 e. The number of benzene rings is 9. The SMILES string of the molecule is c1ccc(-n2c3ccccc3c3ccccc32)c(-c2ccc(N(c3ccc(-c4cccc5oc6ccccc6c45)cc3)c3cccc4ccccc34)cc2)c1. The molecule has 0 amide bonds. The molecule has 2 heterocycles. The van der Waals surface area contributed by atoms with Crippen molar-refractivity contribution in [2.75, 3.05) is 4.90 Å². The monoisotopic (exact) mass is 702 g/mol. The molecule has 0 saturated carbocycles. The number of para-hydroxylation sites is 4. The van der Waals surface area contributed by atoms with E-state index in [4.69, 9.17) is 4.42 Å². The van der Waals surface area contributed by atoms with Gasteiger partial charge in [0.1, 0.15) is 11.2 Å². The number of nitrogens with zero attached hydrogens (tertiary/aromatic N) is 2. The molecule has 11 aromatic rings. The van der Waals surface area contributed by atoms with Crippen LogP contribution in [0.4, 0.5) is 17.1 Å². The van der Waals surface area contributed by atoms with Gasteiger partial charge in [-0.1, -0.05) is 146 Å². The first kappa shape index (κ1) is 31.2. The van der Waals surface area contributed by atoms with Crippen molar-refractivity contribution in [3.05, 3.63) is 206 Å². The van der Waals surface area contributed by atoms with Crippen LogP contribution >= 0.6 is 0 Å². The summed E-state index contributed by atoms with van der Waals surface area (Å²) >= 11 is 0. The Bertz CT molecular complexity index is 3150. The number of fused-ring (bicyclic) bond motifs is 7. The molecule has 0 fully saturated rings. The van der Waals surface area contributed by atoms with E-state index < -0.39 is 0 Å².